The summed E-state index contributed by atoms with van der Waals surface area (Å²) in [6, 6.07) is 4.61. The number of piperidine rings is 1. The maximum Gasteiger partial charge on any atom is 0.309 e. The van der Waals surface area contributed by atoms with E-state index in [9.17, 15) is 18.0 Å². The molecule has 0 N–H and O–H groups in total. The van der Waals surface area contributed by atoms with Gasteiger partial charge in [0.1, 0.15) is 6.61 Å². The van der Waals surface area contributed by atoms with E-state index in [0.717, 1.165) is 6.42 Å². The Kier molecular flexibility index (Phi) is 6.01. The van der Waals surface area contributed by atoms with E-state index in [1.165, 1.54) is 23.4 Å². The molecule has 1 aromatic carbocycles. The molecule has 0 bridgehead atoms. The van der Waals surface area contributed by atoms with Crippen LogP contribution in [0, 0.1) is 5.92 Å². The molecule has 0 unspecified atom stereocenters. The molecule has 0 aromatic heterocycles. The average Bonchev–Trinajstić information content (AvgIpc) is 2.91. The number of fused-ring (bicyclic) bond motifs is 1. The number of esters is 1. The molecule has 3 rings (SSSR count). The van der Waals surface area contributed by atoms with Crippen molar-refractivity contribution >= 4 is 21.8 Å². The summed E-state index contributed by atoms with van der Waals surface area (Å²) in [5, 5.41) is 0. The molecule has 0 amide bonds. The van der Waals surface area contributed by atoms with Crippen molar-refractivity contribution in [3.63, 3.8) is 0 Å². The highest BCUT2D eigenvalue weighted by atomic mass is 32.2. The van der Waals surface area contributed by atoms with Crippen LogP contribution in [0.15, 0.2) is 23.1 Å². The average molecular weight is 397 g/mol. The van der Waals surface area contributed by atoms with Gasteiger partial charge in [0.15, 0.2) is 17.3 Å². The number of ether oxygens (including phenoxy) is 3. The lowest BCUT2D eigenvalue weighted by Gasteiger charge is -2.30. The van der Waals surface area contributed by atoms with Gasteiger partial charge in [-0.3, -0.25) is 9.59 Å². The number of ketones is 1. The Labute approximate surface area is 158 Å². The number of carbonyl (C=O) groups is 2. The first-order valence-corrected chi connectivity index (χ1v) is 10.4. The van der Waals surface area contributed by atoms with Crippen LogP contribution in [-0.2, 0) is 24.3 Å². The van der Waals surface area contributed by atoms with Gasteiger partial charge in [0.25, 0.3) is 0 Å². The second-order valence-corrected chi connectivity index (χ2v) is 8.59. The Morgan fingerprint density at radius 3 is 2.48 bits per heavy atom. The fourth-order valence-electron chi connectivity index (χ4n) is 3.08. The predicted molar refractivity (Wildman–Crippen MR) is 95.2 cm³/mol. The molecule has 2 aliphatic heterocycles. The van der Waals surface area contributed by atoms with Gasteiger partial charge in [-0.2, -0.15) is 4.31 Å². The molecule has 2 heterocycles. The smallest absolute Gasteiger partial charge is 0.309 e. The van der Waals surface area contributed by atoms with Gasteiger partial charge in [0, 0.05) is 25.6 Å². The van der Waals surface area contributed by atoms with Crippen LogP contribution in [-0.4, -0.2) is 57.4 Å². The lowest BCUT2D eigenvalue weighted by atomic mass is 9.98. The van der Waals surface area contributed by atoms with Crippen LogP contribution < -0.4 is 9.47 Å². The van der Waals surface area contributed by atoms with Gasteiger partial charge in [-0.1, -0.05) is 0 Å². The highest BCUT2D eigenvalue weighted by Crippen LogP contribution is 2.33. The molecule has 0 atom stereocenters. The minimum atomic E-state index is -3.69. The third-order valence-corrected chi connectivity index (χ3v) is 6.46. The zero-order valence-electron chi connectivity index (χ0n) is 15.2. The Morgan fingerprint density at radius 2 is 1.81 bits per heavy atom. The Morgan fingerprint density at radius 1 is 1.15 bits per heavy atom. The zero-order valence-corrected chi connectivity index (χ0v) is 16.0. The van der Waals surface area contributed by atoms with E-state index in [1.807, 2.05) is 0 Å². The van der Waals surface area contributed by atoms with E-state index in [2.05, 4.69) is 0 Å². The molecule has 0 saturated carbocycles. The van der Waals surface area contributed by atoms with Gasteiger partial charge >= 0.3 is 5.97 Å². The van der Waals surface area contributed by atoms with Crippen LogP contribution in [0.3, 0.4) is 0 Å². The molecule has 1 fully saturated rings. The summed E-state index contributed by atoms with van der Waals surface area (Å²) in [5.41, 5.74) is 0. The van der Waals surface area contributed by atoms with E-state index in [1.54, 1.807) is 6.07 Å². The van der Waals surface area contributed by atoms with Crippen LogP contribution in [0.1, 0.15) is 26.2 Å². The number of Topliss-reactive ketones (excluding diaryl/α,β-unsaturated/α-hetero) is 1. The summed E-state index contributed by atoms with van der Waals surface area (Å²) in [6.07, 6.45) is 1.46. The zero-order chi connectivity index (χ0) is 19.4. The largest absolute Gasteiger partial charge is 0.490 e. The van der Waals surface area contributed by atoms with Crippen LogP contribution in [0.2, 0.25) is 0 Å². The van der Waals surface area contributed by atoms with Gasteiger partial charge in [-0.25, -0.2) is 8.42 Å². The fraction of sp³-hybridized carbons (Fsp3) is 0.556. The van der Waals surface area contributed by atoms with Crippen molar-refractivity contribution in [2.45, 2.75) is 31.1 Å². The first-order chi connectivity index (χ1) is 12.9. The third-order valence-electron chi connectivity index (χ3n) is 4.56. The molecule has 1 aromatic rings. The molecular formula is C18H23NO7S. The summed E-state index contributed by atoms with van der Waals surface area (Å²) in [4.78, 5) is 23.0. The van der Waals surface area contributed by atoms with Crippen molar-refractivity contribution in [1.29, 1.82) is 0 Å². The van der Waals surface area contributed by atoms with Crippen molar-refractivity contribution in [2.24, 2.45) is 5.92 Å². The normalized spacial score (nSPS) is 18.6. The number of hydrogen-bond acceptors (Lipinski definition) is 7. The van der Waals surface area contributed by atoms with Crippen molar-refractivity contribution < 1.29 is 32.2 Å². The molecule has 0 spiro atoms. The van der Waals surface area contributed by atoms with Crippen LogP contribution in [0.4, 0.5) is 0 Å². The van der Waals surface area contributed by atoms with Crippen LogP contribution in [0.5, 0.6) is 11.5 Å². The first-order valence-electron chi connectivity index (χ1n) is 8.94. The summed E-state index contributed by atoms with van der Waals surface area (Å²) < 4.78 is 43.2. The van der Waals surface area contributed by atoms with Gasteiger partial charge in [0.05, 0.1) is 24.0 Å². The molecule has 1 saturated heterocycles. The van der Waals surface area contributed by atoms with Gasteiger partial charge in [-0.15, -0.1) is 0 Å². The number of sulfonamides is 1. The minimum absolute atomic E-state index is 0.143. The Balaban J connectivity index is 1.66. The summed E-state index contributed by atoms with van der Waals surface area (Å²) in [7, 11) is -3.69. The SMILES string of the molecule is CC(=O)COC(=O)C1CCN(S(=O)(=O)c2ccc3c(c2)OCCCO3)CC1. The third kappa shape index (κ3) is 4.59. The van der Waals surface area contributed by atoms with Crippen LogP contribution >= 0.6 is 0 Å². The molecule has 8 nitrogen and oxygen atoms in total. The van der Waals surface area contributed by atoms with Gasteiger partial charge in [0.2, 0.25) is 10.0 Å². The first kappa shape index (κ1) is 19.6. The number of nitrogens with zero attached hydrogens (tertiary/aromatic N) is 1. The van der Waals surface area contributed by atoms with Crippen molar-refractivity contribution in [2.75, 3.05) is 32.9 Å². The van der Waals surface area contributed by atoms with Crippen molar-refractivity contribution in [1.82, 2.24) is 4.31 Å². The highest BCUT2D eigenvalue weighted by molar-refractivity contribution is 7.89. The standard InChI is InChI=1S/C18H23NO7S/c1-13(20)12-26-18(21)14-5-7-19(8-6-14)27(22,23)15-3-4-16-17(11-15)25-10-2-9-24-16/h3-4,11,14H,2,5-10,12H2,1H3. The maximum atomic E-state index is 12.9. The summed E-state index contributed by atoms with van der Waals surface area (Å²) in [6.45, 7) is 2.55. The minimum Gasteiger partial charge on any atom is -0.490 e. The Hall–Kier alpha value is -2.13. The molecule has 27 heavy (non-hydrogen) atoms. The Bertz CT molecular complexity index is 813. The number of benzene rings is 1. The van der Waals surface area contributed by atoms with E-state index in [-0.39, 0.29) is 36.3 Å². The molecule has 2 aliphatic rings. The molecule has 0 radical (unpaired) electrons. The van der Waals surface area contributed by atoms with Crippen molar-refractivity contribution in [3.8, 4) is 11.5 Å². The van der Waals surface area contributed by atoms with Crippen LogP contribution in [0.25, 0.3) is 0 Å². The number of hydrogen-bond donors (Lipinski definition) is 0. The van der Waals surface area contributed by atoms with E-state index in [4.69, 9.17) is 14.2 Å². The fourth-order valence-corrected chi connectivity index (χ4v) is 4.56. The highest BCUT2D eigenvalue weighted by Gasteiger charge is 2.33. The lowest BCUT2D eigenvalue weighted by molar-refractivity contribution is -0.152. The second-order valence-electron chi connectivity index (χ2n) is 6.65. The quantitative estimate of drug-likeness (QED) is 0.692. The van der Waals surface area contributed by atoms with E-state index >= 15 is 0 Å². The van der Waals surface area contributed by atoms with Gasteiger partial charge in [-0.05, 0) is 31.9 Å². The number of carbonyl (C=O) groups excluding carboxylic acids is 2. The monoisotopic (exact) mass is 397 g/mol. The van der Waals surface area contributed by atoms with Crippen molar-refractivity contribution in [3.05, 3.63) is 18.2 Å². The van der Waals surface area contributed by atoms with Gasteiger partial charge < -0.3 is 14.2 Å². The molecule has 148 valence electrons. The predicted octanol–water partition coefficient (Wildman–Crippen LogP) is 1.38. The number of rotatable bonds is 5. The molecule has 0 aliphatic carbocycles. The molecule has 9 heteroatoms. The van der Waals surface area contributed by atoms with E-state index < -0.39 is 16.0 Å². The maximum absolute atomic E-state index is 12.9. The topological polar surface area (TPSA) is 99.2 Å². The summed E-state index contributed by atoms with van der Waals surface area (Å²) >= 11 is 0. The lowest BCUT2D eigenvalue weighted by Crippen LogP contribution is -2.40. The second kappa shape index (κ2) is 8.26. The van der Waals surface area contributed by atoms with E-state index in [0.29, 0.717) is 37.6 Å². The molecular weight excluding hydrogens is 374 g/mol. The summed E-state index contributed by atoms with van der Waals surface area (Å²) in [5.74, 6) is -0.0928.